The molecule has 0 spiro atoms. The summed E-state index contributed by atoms with van der Waals surface area (Å²) in [6.45, 7) is 1.93. The molecule has 3 heterocycles. The largest absolute Gasteiger partial charge is 0.323 e. The van der Waals surface area contributed by atoms with E-state index in [2.05, 4.69) is 25.4 Å². The van der Waals surface area contributed by atoms with Crippen molar-refractivity contribution in [1.29, 1.82) is 0 Å². The van der Waals surface area contributed by atoms with E-state index in [-0.39, 0.29) is 5.91 Å². The first kappa shape index (κ1) is 19.9. The fraction of sp³-hybridized carbons (Fsp3) is 0.227. The number of hydrogen-bond acceptors (Lipinski definition) is 4. The highest BCUT2D eigenvalue weighted by Gasteiger charge is 2.21. The van der Waals surface area contributed by atoms with Gasteiger partial charge >= 0.3 is 0 Å². The number of H-pyrrole nitrogens is 1. The molecule has 1 aliphatic rings. The van der Waals surface area contributed by atoms with Crippen LogP contribution in [0.15, 0.2) is 55.1 Å². The van der Waals surface area contributed by atoms with Crippen LogP contribution in [0.3, 0.4) is 0 Å². The SMILES string of the molecule is O=C(/C=C/c1cncc(F)c1-c1cn[nH]c1)Nc1ccc(CN2CCC(F)C2)cc1. The van der Waals surface area contributed by atoms with Gasteiger partial charge < -0.3 is 5.32 Å². The number of pyridine rings is 1. The molecule has 1 aliphatic heterocycles. The lowest BCUT2D eigenvalue weighted by Crippen LogP contribution is -2.20. The average Bonchev–Trinajstić information content (AvgIpc) is 3.40. The number of carbonyl (C=O) groups excluding carboxylic acids is 1. The van der Waals surface area contributed by atoms with Crippen LogP contribution < -0.4 is 5.32 Å². The Kier molecular flexibility index (Phi) is 5.94. The van der Waals surface area contributed by atoms with E-state index in [1.54, 1.807) is 6.20 Å². The van der Waals surface area contributed by atoms with Crippen molar-refractivity contribution in [2.24, 2.45) is 0 Å². The van der Waals surface area contributed by atoms with Gasteiger partial charge in [0.1, 0.15) is 12.0 Å². The van der Waals surface area contributed by atoms with Gasteiger partial charge in [-0.3, -0.25) is 19.8 Å². The molecule has 8 heteroatoms. The Morgan fingerprint density at radius 3 is 2.80 bits per heavy atom. The van der Waals surface area contributed by atoms with Crippen molar-refractivity contribution in [3.05, 3.63) is 72.1 Å². The van der Waals surface area contributed by atoms with Crippen molar-refractivity contribution in [3.63, 3.8) is 0 Å². The van der Waals surface area contributed by atoms with Crippen molar-refractivity contribution in [3.8, 4) is 11.1 Å². The van der Waals surface area contributed by atoms with E-state index in [9.17, 15) is 13.6 Å². The Labute approximate surface area is 172 Å². The maximum absolute atomic E-state index is 14.2. The van der Waals surface area contributed by atoms with Gasteiger partial charge in [-0.05, 0) is 30.2 Å². The predicted octanol–water partition coefficient (Wildman–Crippen LogP) is 3.81. The molecule has 1 fully saturated rings. The number of nitrogens with zero attached hydrogens (tertiary/aromatic N) is 3. The van der Waals surface area contributed by atoms with Crippen molar-refractivity contribution >= 4 is 17.7 Å². The van der Waals surface area contributed by atoms with Crippen LogP contribution in [0.4, 0.5) is 14.5 Å². The summed E-state index contributed by atoms with van der Waals surface area (Å²) in [7, 11) is 0. The molecule has 2 N–H and O–H groups in total. The standard InChI is InChI=1S/C22H21F2N5O/c23-18-7-8-29(14-18)13-15-1-4-19(5-2-15)28-21(30)6-3-16-9-25-12-20(24)22(16)17-10-26-27-11-17/h1-6,9-12,18H,7-8,13-14H2,(H,26,27)(H,28,30)/b6-3+. The van der Waals surface area contributed by atoms with Crippen LogP contribution in [0.1, 0.15) is 17.5 Å². The Balaban J connectivity index is 1.39. The van der Waals surface area contributed by atoms with E-state index >= 15 is 0 Å². The highest BCUT2D eigenvalue weighted by atomic mass is 19.1. The normalized spacial score (nSPS) is 16.9. The maximum atomic E-state index is 14.2. The number of hydrogen-bond donors (Lipinski definition) is 2. The molecule has 6 nitrogen and oxygen atoms in total. The van der Waals surface area contributed by atoms with Crippen LogP contribution in [0.5, 0.6) is 0 Å². The minimum Gasteiger partial charge on any atom is -0.323 e. The van der Waals surface area contributed by atoms with Gasteiger partial charge in [0.2, 0.25) is 5.91 Å². The molecule has 0 radical (unpaired) electrons. The Bertz CT molecular complexity index is 1030. The third-order valence-corrected chi connectivity index (χ3v) is 4.97. The molecule has 4 rings (SSSR count). The van der Waals surface area contributed by atoms with Crippen molar-refractivity contribution in [1.82, 2.24) is 20.1 Å². The van der Waals surface area contributed by atoms with Gasteiger partial charge in [0.25, 0.3) is 0 Å². The zero-order valence-corrected chi connectivity index (χ0v) is 16.2. The maximum Gasteiger partial charge on any atom is 0.248 e. The fourth-order valence-corrected chi connectivity index (χ4v) is 3.50. The zero-order chi connectivity index (χ0) is 20.9. The highest BCUT2D eigenvalue weighted by Crippen LogP contribution is 2.26. The van der Waals surface area contributed by atoms with Crippen LogP contribution >= 0.6 is 0 Å². The van der Waals surface area contributed by atoms with Gasteiger partial charge in [0.05, 0.1) is 12.4 Å². The number of alkyl halides is 1. The number of benzene rings is 1. The van der Waals surface area contributed by atoms with E-state index in [0.717, 1.165) is 18.3 Å². The lowest BCUT2D eigenvalue weighted by Gasteiger charge is -2.14. The monoisotopic (exact) mass is 409 g/mol. The molecule has 30 heavy (non-hydrogen) atoms. The van der Waals surface area contributed by atoms with Gasteiger partial charge in [0, 0.05) is 60.5 Å². The fourth-order valence-electron chi connectivity index (χ4n) is 3.50. The predicted molar refractivity (Wildman–Crippen MR) is 111 cm³/mol. The third-order valence-electron chi connectivity index (χ3n) is 4.97. The summed E-state index contributed by atoms with van der Waals surface area (Å²) >= 11 is 0. The molecule has 1 atom stereocenters. The number of nitrogens with one attached hydrogen (secondary N) is 2. The second-order valence-electron chi connectivity index (χ2n) is 7.21. The number of aromatic amines is 1. The first-order chi connectivity index (χ1) is 14.6. The van der Waals surface area contributed by atoms with Gasteiger partial charge in [-0.1, -0.05) is 12.1 Å². The molecule has 0 aliphatic carbocycles. The van der Waals surface area contributed by atoms with Crippen molar-refractivity contribution in [2.45, 2.75) is 19.1 Å². The number of halogens is 2. The number of likely N-dealkylation sites (tertiary alicyclic amines) is 1. The molecule has 0 bridgehead atoms. The summed E-state index contributed by atoms with van der Waals surface area (Å²) in [5, 5.41) is 9.26. The smallest absolute Gasteiger partial charge is 0.248 e. The number of rotatable bonds is 6. The van der Waals surface area contributed by atoms with Crippen LogP contribution in [0, 0.1) is 5.82 Å². The molecular weight excluding hydrogens is 388 g/mol. The van der Waals surface area contributed by atoms with Crippen LogP contribution in [0.25, 0.3) is 17.2 Å². The molecule has 154 valence electrons. The first-order valence-corrected chi connectivity index (χ1v) is 9.65. The summed E-state index contributed by atoms with van der Waals surface area (Å²) in [6.07, 6.45) is 8.39. The number of anilines is 1. The van der Waals surface area contributed by atoms with Crippen LogP contribution in [0.2, 0.25) is 0 Å². The van der Waals surface area contributed by atoms with E-state index in [1.165, 1.54) is 24.5 Å². The number of amides is 1. The van der Waals surface area contributed by atoms with Crippen molar-refractivity contribution < 1.29 is 13.6 Å². The Morgan fingerprint density at radius 2 is 2.10 bits per heavy atom. The van der Waals surface area contributed by atoms with E-state index in [1.807, 2.05) is 24.3 Å². The lowest BCUT2D eigenvalue weighted by atomic mass is 10.0. The molecule has 1 saturated heterocycles. The number of aromatic nitrogens is 3. The molecule has 1 aromatic carbocycles. The van der Waals surface area contributed by atoms with Gasteiger partial charge in [0.15, 0.2) is 0 Å². The van der Waals surface area contributed by atoms with E-state index in [4.69, 9.17) is 0 Å². The van der Waals surface area contributed by atoms with Crippen LogP contribution in [-0.2, 0) is 11.3 Å². The first-order valence-electron chi connectivity index (χ1n) is 9.65. The van der Waals surface area contributed by atoms with Crippen molar-refractivity contribution in [2.75, 3.05) is 18.4 Å². The Hall–Kier alpha value is -3.39. The molecule has 2 aromatic heterocycles. The molecule has 1 amide bonds. The Morgan fingerprint density at radius 1 is 1.27 bits per heavy atom. The summed E-state index contributed by atoms with van der Waals surface area (Å²) in [5.74, 6) is -0.836. The molecule has 3 aromatic rings. The van der Waals surface area contributed by atoms with Crippen LogP contribution in [-0.4, -0.2) is 45.2 Å². The second kappa shape index (κ2) is 8.96. The quantitative estimate of drug-likeness (QED) is 0.608. The zero-order valence-electron chi connectivity index (χ0n) is 16.2. The average molecular weight is 409 g/mol. The molecular formula is C22H21F2N5O. The topological polar surface area (TPSA) is 73.9 Å². The van der Waals surface area contributed by atoms with Gasteiger partial charge in [-0.2, -0.15) is 5.10 Å². The summed E-state index contributed by atoms with van der Waals surface area (Å²) in [5.41, 5.74) is 3.07. The minimum atomic E-state index is -0.738. The molecule has 1 unspecified atom stereocenters. The number of carbonyl (C=O) groups is 1. The third kappa shape index (κ3) is 4.77. The molecule has 0 saturated carbocycles. The minimum absolute atomic E-state index is 0.324. The highest BCUT2D eigenvalue weighted by molar-refractivity contribution is 6.02. The summed E-state index contributed by atoms with van der Waals surface area (Å²) in [6, 6.07) is 7.45. The summed E-state index contributed by atoms with van der Waals surface area (Å²) in [4.78, 5) is 18.2. The lowest BCUT2D eigenvalue weighted by molar-refractivity contribution is -0.111. The van der Waals surface area contributed by atoms with Gasteiger partial charge in [-0.25, -0.2) is 8.78 Å². The van der Waals surface area contributed by atoms with E-state index < -0.39 is 12.0 Å². The van der Waals surface area contributed by atoms with Gasteiger partial charge in [-0.15, -0.1) is 0 Å². The summed E-state index contributed by atoms with van der Waals surface area (Å²) < 4.78 is 27.5. The second-order valence-corrected chi connectivity index (χ2v) is 7.21. The van der Waals surface area contributed by atoms with E-state index in [0.29, 0.717) is 41.9 Å².